The fraction of sp³-hybridized carbons (Fsp3) is 0.450. The maximum absolute atomic E-state index is 12.8. The second kappa shape index (κ2) is 9.14. The quantitative estimate of drug-likeness (QED) is 0.406. The number of nitrogens with zero attached hydrogens (tertiary/aromatic N) is 3. The minimum absolute atomic E-state index is 0.302. The summed E-state index contributed by atoms with van der Waals surface area (Å²) >= 11 is 1.62. The molecule has 0 spiro atoms. The van der Waals surface area contributed by atoms with Crippen LogP contribution < -0.4 is 10.1 Å². The summed E-state index contributed by atoms with van der Waals surface area (Å²) in [4.78, 5) is 17.4. The number of para-hydroxylation sites is 1. The average Bonchev–Trinajstić information content (AvgIpc) is 3.09. The summed E-state index contributed by atoms with van der Waals surface area (Å²) in [5.41, 5.74) is 2.05. The van der Waals surface area contributed by atoms with E-state index in [0.717, 1.165) is 24.2 Å². The van der Waals surface area contributed by atoms with E-state index in [9.17, 15) is 4.79 Å². The van der Waals surface area contributed by atoms with Crippen LogP contribution in [0.5, 0.6) is 5.75 Å². The standard InChI is InChI=1S/C20H26N4O3S/c1-5-7-12-28-20-22-19-21-13(3)16(18(25)27-6-2)17(24(19)23-20)14-10-8-9-11-15(14)26-4/h8-11,17H,5-7,12H2,1-4H3,(H,21,22,23). The molecule has 1 aromatic heterocycles. The molecule has 28 heavy (non-hydrogen) atoms. The van der Waals surface area contributed by atoms with Crippen LogP contribution in [0.4, 0.5) is 5.95 Å². The number of thioether (sulfide) groups is 1. The molecule has 2 aromatic rings. The highest BCUT2D eigenvalue weighted by Gasteiger charge is 2.36. The summed E-state index contributed by atoms with van der Waals surface area (Å²) in [5, 5.41) is 8.59. The largest absolute Gasteiger partial charge is 0.496 e. The number of carbonyl (C=O) groups is 1. The predicted molar refractivity (Wildman–Crippen MR) is 110 cm³/mol. The molecule has 3 rings (SSSR count). The molecule has 1 atom stereocenters. The van der Waals surface area contributed by atoms with Crippen molar-refractivity contribution >= 4 is 23.7 Å². The lowest BCUT2D eigenvalue weighted by Crippen LogP contribution is -2.30. The van der Waals surface area contributed by atoms with Crippen molar-refractivity contribution in [1.82, 2.24) is 14.8 Å². The Hall–Kier alpha value is -2.48. The summed E-state index contributed by atoms with van der Waals surface area (Å²) in [7, 11) is 1.62. The third-order valence-corrected chi connectivity index (χ3v) is 5.41. The molecule has 0 fully saturated rings. The molecular weight excluding hydrogens is 376 g/mol. The SMILES string of the molecule is CCCCSc1nc2n(n1)C(c1ccccc1OC)C(C(=O)OCC)=C(C)N2. The first-order valence-corrected chi connectivity index (χ1v) is 10.5. The number of hydrogen-bond acceptors (Lipinski definition) is 7. The summed E-state index contributed by atoms with van der Waals surface area (Å²) in [5.74, 6) is 1.88. The third kappa shape index (κ3) is 4.01. The Morgan fingerprint density at radius 2 is 2.11 bits per heavy atom. The summed E-state index contributed by atoms with van der Waals surface area (Å²) in [6.07, 6.45) is 2.22. The molecule has 0 saturated carbocycles. The molecule has 1 unspecified atom stereocenters. The third-order valence-electron chi connectivity index (χ3n) is 4.49. The van der Waals surface area contributed by atoms with Gasteiger partial charge in [-0.25, -0.2) is 9.48 Å². The van der Waals surface area contributed by atoms with Gasteiger partial charge in [0.2, 0.25) is 11.1 Å². The molecule has 0 radical (unpaired) electrons. The molecule has 0 bridgehead atoms. The molecular formula is C20H26N4O3S. The number of allylic oxidation sites excluding steroid dienone is 1. The van der Waals surface area contributed by atoms with Crippen LogP contribution in [0.25, 0.3) is 0 Å². The Morgan fingerprint density at radius 3 is 2.82 bits per heavy atom. The fourth-order valence-corrected chi connectivity index (χ4v) is 4.07. The highest BCUT2D eigenvalue weighted by Crippen LogP contribution is 2.40. The highest BCUT2D eigenvalue weighted by atomic mass is 32.2. The van der Waals surface area contributed by atoms with Gasteiger partial charge in [0.25, 0.3) is 0 Å². The monoisotopic (exact) mass is 402 g/mol. The van der Waals surface area contributed by atoms with Gasteiger partial charge in [-0.3, -0.25) is 0 Å². The van der Waals surface area contributed by atoms with Crippen molar-refractivity contribution < 1.29 is 14.3 Å². The summed E-state index contributed by atoms with van der Waals surface area (Å²) in [6, 6.07) is 7.17. The van der Waals surface area contributed by atoms with Crippen LogP contribution in [0.2, 0.25) is 0 Å². The number of ether oxygens (including phenoxy) is 2. The van der Waals surface area contributed by atoms with Crippen molar-refractivity contribution in [3.8, 4) is 5.75 Å². The average molecular weight is 403 g/mol. The van der Waals surface area contributed by atoms with E-state index in [-0.39, 0.29) is 5.97 Å². The molecule has 1 N–H and O–H groups in total. The Morgan fingerprint density at radius 1 is 1.32 bits per heavy atom. The maximum atomic E-state index is 12.8. The van der Waals surface area contributed by atoms with Crippen molar-refractivity contribution in [2.75, 3.05) is 24.8 Å². The van der Waals surface area contributed by atoms with Crippen LogP contribution in [0.3, 0.4) is 0 Å². The minimum atomic E-state index is -0.473. The first kappa shape index (κ1) is 20.3. The van der Waals surface area contributed by atoms with E-state index in [1.807, 2.05) is 31.2 Å². The number of esters is 1. The van der Waals surface area contributed by atoms with Gasteiger partial charge in [0, 0.05) is 17.0 Å². The zero-order valence-corrected chi connectivity index (χ0v) is 17.5. The molecule has 7 nitrogen and oxygen atoms in total. The van der Waals surface area contributed by atoms with Gasteiger partial charge in [0.05, 0.1) is 19.3 Å². The zero-order chi connectivity index (χ0) is 20.1. The number of benzene rings is 1. The normalized spacial score (nSPS) is 15.8. The number of nitrogens with one attached hydrogen (secondary N) is 1. The molecule has 8 heteroatoms. The van der Waals surface area contributed by atoms with Crippen LogP contribution in [0.1, 0.15) is 45.2 Å². The van der Waals surface area contributed by atoms with Gasteiger partial charge in [0.1, 0.15) is 11.8 Å². The number of aromatic nitrogens is 3. The van der Waals surface area contributed by atoms with Crippen LogP contribution in [-0.4, -0.2) is 40.2 Å². The van der Waals surface area contributed by atoms with Crippen molar-refractivity contribution in [3.63, 3.8) is 0 Å². The highest BCUT2D eigenvalue weighted by molar-refractivity contribution is 7.99. The molecule has 1 aliphatic rings. The van der Waals surface area contributed by atoms with Crippen LogP contribution in [0.15, 0.2) is 40.7 Å². The second-order valence-corrected chi connectivity index (χ2v) is 7.46. The van der Waals surface area contributed by atoms with E-state index in [4.69, 9.17) is 14.6 Å². The maximum Gasteiger partial charge on any atom is 0.338 e. The van der Waals surface area contributed by atoms with Crippen molar-refractivity contribution in [3.05, 3.63) is 41.1 Å². The van der Waals surface area contributed by atoms with Gasteiger partial charge >= 0.3 is 5.97 Å². The van der Waals surface area contributed by atoms with E-state index in [1.54, 1.807) is 30.5 Å². The van der Waals surface area contributed by atoms with E-state index in [0.29, 0.717) is 34.7 Å². The van der Waals surface area contributed by atoms with Crippen LogP contribution >= 0.6 is 11.8 Å². The number of rotatable bonds is 8. The topological polar surface area (TPSA) is 78.3 Å². The smallest absolute Gasteiger partial charge is 0.338 e. The number of unbranched alkanes of at least 4 members (excludes halogenated alkanes) is 1. The van der Waals surface area contributed by atoms with Gasteiger partial charge in [-0.15, -0.1) is 5.10 Å². The van der Waals surface area contributed by atoms with E-state index in [1.165, 1.54) is 0 Å². The predicted octanol–water partition coefficient (Wildman–Crippen LogP) is 4.03. The fourth-order valence-electron chi connectivity index (χ4n) is 3.15. The Balaban J connectivity index is 2.09. The van der Waals surface area contributed by atoms with Crippen molar-refractivity contribution in [2.45, 2.75) is 44.8 Å². The number of methoxy groups -OCH3 is 1. The number of fused-ring (bicyclic) bond motifs is 1. The van der Waals surface area contributed by atoms with Gasteiger partial charge < -0.3 is 14.8 Å². The minimum Gasteiger partial charge on any atom is -0.496 e. The second-order valence-electron chi connectivity index (χ2n) is 6.39. The van der Waals surface area contributed by atoms with Gasteiger partial charge in [-0.2, -0.15) is 4.98 Å². The van der Waals surface area contributed by atoms with Gasteiger partial charge in [-0.1, -0.05) is 43.3 Å². The number of carbonyl (C=O) groups excluding carboxylic acids is 1. The number of hydrogen-bond donors (Lipinski definition) is 1. The van der Waals surface area contributed by atoms with E-state index < -0.39 is 6.04 Å². The summed E-state index contributed by atoms with van der Waals surface area (Å²) < 4.78 is 12.7. The Bertz CT molecular complexity index is 878. The molecule has 1 aromatic carbocycles. The van der Waals surface area contributed by atoms with Gasteiger partial charge in [-0.05, 0) is 26.3 Å². The van der Waals surface area contributed by atoms with E-state index >= 15 is 0 Å². The van der Waals surface area contributed by atoms with Crippen LogP contribution in [-0.2, 0) is 9.53 Å². The first-order chi connectivity index (χ1) is 13.6. The summed E-state index contributed by atoms with van der Waals surface area (Å²) in [6.45, 7) is 6.11. The lowest BCUT2D eigenvalue weighted by atomic mass is 9.95. The lowest BCUT2D eigenvalue weighted by molar-refractivity contribution is -0.139. The Kier molecular flexibility index (Phi) is 6.61. The number of anilines is 1. The van der Waals surface area contributed by atoms with E-state index in [2.05, 4.69) is 17.2 Å². The van der Waals surface area contributed by atoms with Crippen molar-refractivity contribution in [2.24, 2.45) is 0 Å². The zero-order valence-electron chi connectivity index (χ0n) is 16.7. The first-order valence-electron chi connectivity index (χ1n) is 9.47. The molecule has 2 heterocycles. The lowest BCUT2D eigenvalue weighted by Gasteiger charge is -2.28. The van der Waals surface area contributed by atoms with Crippen molar-refractivity contribution in [1.29, 1.82) is 0 Å². The molecule has 150 valence electrons. The molecule has 1 aliphatic heterocycles. The Labute approximate surface area is 169 Å². The van der Waals surface area contributed by atoms with Crippen LogP contribution in [0, 0.1) is 0 Å². The van der Waals surface area contributed by atoms with Gasteiger partial charge in [0.15, 0.2) is 0 Å². The molecule has 0 saturated heterocycles. The molecule has 0 aliphatic carbocycles. The molecule has 0 amide bonds.